The summed E-state index contributed by atoms with van der Waals surface area (Å²) >= 11 is 0. The van der Waals surface area contributed by atoms with E-state index >= 15 is 0 Å². The van der Waals surface area contributed by atoms with Crippen LogP contribution in [-0.2, 0) is 4.74 Å². The van der Waals surface area contributed by atoms with Crippen molar-refractivity contribution in [2.75, 3.05) is 20.3 Å². The first-order valence-electron chi connectivity index (χ1n) is 5.20. The van der Waals surface area contributed by atoms with Crippen molar-refractivity contribution in [3.63, 3.8) is 0 Å². The van der Waals surface area contributed by atoms with Crippen LogP contribution >= 0.6 is 0 Å². The molecule has 0 aromatic carbocycles. The van der Waals surface area contributed by atoms with Crippen molar-refractivity contribution in [2.45, 2.75) is 12.5 Å². The second kappa shape index (κ2) is 4.52. The van der Waals surface area contributed by atoms with E-state index in [-0.39, 0.29) is 12.0 Å². The molecule has 88 valence electrons. The third-order valence-electron chi connectivity index (χ3n) is 2.87. The second-order valence-electron chi connectivity index (χ2n) is 3.98. The maximum Gasteiger partial charge on any atom is 0.407 e. The second-order valence-corrected chi connectivity index (χ2v) is 3.98. The van der Waals surface area contributed by atoms with Gasteiger partial charge in [0.05, 0.1) is 12.6 Å². The molecule has 16 heavy (non-hydrogen) atoms. The number of rotatable bonds is 3. The van der Waals surface area contributed by atoms with Gasteiger partial charge in [0.1, 0.15) is 5.82 Å². The molecule has 0 bridgehead atoms. The van der Waals surface area contributed by atoms with Gasteiger partial charge >= 0.3 is 6.09 Å². The van der Waals surface area contributed by atoms with Gasteiger partial charge in [-0.1, -0.05) is 0 Å². The fourth-order valence-corrected chi connectivity index (χ4v) is 2.21. The van der Waals surface area contributed by atoms with E-state index in [1.807, 2.05) is 0 Å². The summed E-state index contributed by atoms with van der Waals surface area (Å²) in [5, 5.41) is 9.11. The van der Waals surface area contributed by atoms with E-state index in [4.69, 9.17) is 9.84 Å². The Labute approximate surface area is 93.2 Å². The molecule has 1 aromatic rings. The standard InChI is InChI=1S/C10H15N3O3/c1-16-6-7-4-8(9-11-2-3-12-9)13(5-7)10(14)15/h2-3,7-8H,4-6H2,1H3,(H,11,12)(H,14,15). The first-order chi connectivity index (χ1) is 7.72. The van der Waals surface area contributed by atoms with Crippen LogP contribution in [0.25, 0.3) is 0 Å². The number of amides is 1. The number of ether oxygens (including phenoxy) is 1. The lowest BCUT2D eigenvalue weighted by Crippen LogP contribution is -2.30. The smallest absolute Gasteiger partial charge is 0.407 e. The maximum absolute atomic E-state index is 11.1. The molecule has 0 spiro atoms. The van der Waals surface area contributed by atoms with Gasteiger partial charge in [0.25, 0.3) is 0 Å². The minimum Gasteiger partial charge on any atom is -0.465 e. The zero-order valence-electron chi connectivity index (χ0n) is 9.09. The molecule has 1 aromatic heterocycles. The van der Waals surface area contributed by atoms with Crippen LogP contribution in [0.1, 0.15) is 18.3 Å². The van der Waals surface area contributed by atoms with Crippen molar-refractivity contribution in [3.05, 3.63) is 18.2 Å². The van der Waals surface area contributed by atoms with E-state index in [2.05, 4.69) is 9.97 Å². The van der Waals surface area contributed by atoms with Crippen molar-refractivity contribution in [3.8, 4) is 0 Å². The fourth-order valence-electron chi connectivity index (χ4n) is 2.21. The number of hydrogen-bond acceptors (Lipinski definition) is 3. The highest BCUT2D eigenvalue weighted by Gasteiger charge is 2.37. The van der Waals surface area contributed by atoms with Crippen molar-refractivity contribution < 1.29 is 14.6 Å². The van der Waals surface area contributed by atoms with Gasteiger partial charge in [-0.05, 0) is 6.42 Å². The number of nitrogens with zero attached hydrogens (tertiary/aromatic N) is 2. The van der Waals surface area contributed by atoms with Crippen molar-refractivity contribution in [1.29, 1.82) is 0 Å². The molecule has 2 atom stereocenters. The molecule has 2 heterocycles. The van der Waals surface area contributed by atoms with Gasteiger partial charge in [0.2, 0.25) is 0 Å². The third-order valence-corrected chi connectivity index (χ3v) is 2.87. The molecule has 6 nitrogen and oxygen atoms in total. The molecular weight excluding hydrogens is 210 g/mol. The summed E-state index contributed by atoms with van der Waals surface area (Å²) in [5.41, 5.74) is 0. The molecule has 1 aliphatic heterocycles. The fraction of sp³-hybridized carbons (Fsp3) is 0.600. The normalized spacial score (nSPS) is 24.9. The summed E-state index contributed by atoms with van der Waals surface area (Å²) in [5.74, 6) is 0.956. The summed E-state index contributed by atoms with van der Waals surface area (Å²) in [7, 11) is 1.63. The molecule has 0 saturated carbocycles. The number of H-pyrrole nitrogens is 1. The highest BCUT2D eigenvalue weighted by atomic mass is 16.5. The Morgan fingerprint density at radius 1 is 1.81 bits per heavy atom. The third kappa shape index (κ3) is 2.01. The molecule has 2 N–H and O–H groups in total. The Bertz CT molecular complexity index is 352. The number of aromatic nitrogens is 2. The lowest BCUT2D eigenvalue weighted by atomic mass is 10.1. The minimum absolute atomic E-state index is 0.173. The van der Waals surface area contributed by atoms with E-state index in [1.54, 1.807) is 19.5 Å². The average Bonchev–Trinajstić information content (AvgIpc) is 2.83. The summed E-state index contributed by atoms with van der Waals surface area (Å²) in [6.45, 7) is 1.09. The van der Waals surface area contributed by atoms with Crippen molar-refractivity contribution >= 4 is 6.09 Å². The molecule has 0 aliphatic carbocycles. The molecule has 2 rings (SSSR count). The zero-order chi connectivity index (χ0) is 11.5. The predicted octanol–water partition coefficient (Wildman–Crippen LogP) is 1.10. The van der Waals surface area contributed by atoms with Crippen molar-refractivity contribution in [1.82, 2.24) is 14.9 Å². The van der Waals surface area contributed by atoms with Gasteiger partial charge in [-0.2, -0.15) is 0 Å². The van der Waals surface area contributed by atoms with Crippen LogP contribution in [0.2, 0.25) is 0 Å². The molecule has 1 aliphatic rings. The van der Waals surface area contributed by atoms with E-state index in [1.165, 1.54) is 4.90 Å². The van der Waals surface area contributed by atoms with Crippen LogP contribution in [0.3, 0.4) is 0 Å². The number of likely N-dealkylation sites (tertiary alicyclic amines) is 1. The average molecular weight is 225 g/mol. The molecule has 1 amide bonds. The number of nitrogens with one attached hydrogen (secondary N) is 1. The minimum atomic E-state index is -0.903. The van der Waals surface area contributed by atoms with E-state index < -0.39 is 6.09 Å². The highest BCUT2D eigenvalue weighted by molar-refractivity contribution is 5.66. The number of aromatic amines is 1. The van der Waals surface area contributed by atoms with E-state index in [0.717, 1.165) is 6.42 Å². The lowest BCUT2D eigenvalue weighted by molar-refractivity contribution is 0.131. The van der Waals surface area contributed by atoms with Crippen LogP contribution in [0.15, 0.2) is 12.4 Å². The van der Waals surface area contributed by atoms with Gasteiger partial charge in [0.15, 0.2) is 0 Å². The van der Waals surface area contributed by atoms with Gasteiger partial charge in [-0.25, -0.2) is 9.78 Å². The van der Waals surface area contributed by atoms with Crippen LogP contribution in [0.4, 0.5) is 4.79 Å². The van der Waals surface area contributed by atoms with Gasteiger partial charge in [-0.15, -0.1) is 0 Å². The number of methoxy groups -OCH3 is 1. The molecule has 1 saturated heterocycles. The molecule has 1 fully saturated rings. The molecule has 6 heteroatoms. The van der Waals surface area contributed by atoms with Gasteiger partial charge < -0.3 is 14.8 Å². The highest BCUT2D eigenvalue weighted by Crippen LogP contribution is 2.33. The van der Waals surface area contributed by atoms with E-state index in [0.29, 0.717) is 19.0 Å². The first kappa shape index (κ1) is 10.9. The number of carbonyl (C=O) groups is 1. The van der Waals surface area contributed by atoms with Gasteiger partial charge in [-0.3, -0.25) is 4.90 Å². The maximum atomic E-state index is 11.1. The predicted molar refractivity (Wildman–Crippen MR) is 56.0 cm³/mol. The van der Waals surface area contributed by atoms with E-state index in [9.17, 15) is 4.79 Å². The van der Waals surface area contributed by atoms with Crippen LogP contribution < -0.4 is 0 Å². The van der Waals surface area contributed by atoms with Crippen LogP contribution in [0.5, 0.6) is 0 Å². The quantitative estimate of drug-likeness (QED) is 0.807. The monoisotopic (exact) mass is 225 g/mol. The SMILES string of the molecule is COCC1CC(c2ncc[nH]2)N(C(=O)O)C1. The summed E-state index contributed by atoms with van der Waals surface area (Å²) in [6.07, 6.45) is 3.20. The summed E-state index contributed by atoms with van der Waals surface area (Å²) in [6, 6.07) is -0.173. The summed E-state index contributed by atoms with van der Waals surface area (Å²) < 4.78 is 5.07. The number of carboxylic acid groups (broad SMARTS) is 1. The zero-order valence-corrected chi connectivity index (χ0v) is 9.09. The Balaban J connectivity index is 2.13. The lowest BCUT2D eigenvalue weighted by Gasteiger charge is -2.19. The van der Waals surface area contributed by atoms with Crippen LogP contribution in [-0.4, -0.2) is 46.3 Å². The number of imidazole rings is 1. The largest absolute Gasteiger partial charge is 0.465 e. The topological polar surface area (TPSA) is 78.5 Å². The van der Waals surface area contributed by atoms with Crippen molar-refractivity contribution in [2.24, 2.45) is 5.92 Å². The Kier molecular flexibility index (Phi) is 3.09. The molecule has 0 radical (unpaired) electrons. The van der Waals surface area contributed by atoms with Gasteiger partial charge in [0, 0.05) is 32.0 Å². The Hall–Kier alpha value is -1.56. The Morgan fingerprint density at radius 3 is 3.19 bits per heavy atom. The van der Waals surface area contributed by atoms with Crippen LogP contribution in [0, 0.1) is 5.92 Å². The number of hydrogen-bond donors (Lipinski definition) is 2. The Morgan fingerprint density at radius 2 is 2.62 bits per heavy atom. The summed E-state index contributed by atoms with van der Waals surface area (Å²) in [4.78, 5) is 19.6. The molecule has 2 unspecified atom stereocenters. The molecular formula is C10H15N3O3. The first-order valence-corrected chi connectivity index (χ1v) is 5.20.